The lowest BCUT2D eigenvalue weighted by molar-refractivity contribution is 0.102. The van der Waals surface area contributed by atoms with Crippen molar-refractivity contribution in [1.82, 2.24) is 0 Å². The van der Waals surface area contributed by atoms with Crippen LogP contribution in [0.25, 0.3) is 0 Å². The summed E-state index contributed by atoms with van der Waals surface area (Å²) in [4.78, 5) is 13.7. The number of nitriles is 1. The first kappa shape index (κ1) is 14.8. The molecule has 0 spiro atoms. The van der Waals surface area contributed by atoms with Crippen molar-refractivity contribution < 1.29 is 4.79 Å². The second-order valence-electron chi connectivity index (χ2n) is 5.94. The quantitative estimate of drug-likeness (QED) is 0.899. The third-order valence-corrected chi connectivity index (χ3v) is 5.44. The van der Waals surface area contributed by atoms with Gasteiger partial charge < -0.3 is 5.32 Å². The molecule has 3 rings (SSSR count). The lowest BCUT2D eigenvalue weighted by atomic mass is 9.88. The van der Waals surface area contributed by atoms with Gasteiger partial charge in [0.2, 0.25) is 0 Å². The molecule has 1 aromatic carbocycles. The Kier molecular flexibility index (Phi) is 4.00. The Morgan fingerprint density at radius 1 is 1.41 bits per heavy atom. The summed E-state index contributed by atoms with van der Waals surface area (Å²) >= 11 is 1.56. The van der Waals surface area contributed by atoms with Crippen molar-refractivity contribution in [2.24, 2.45) is 5.92 Å². The molecular weight excluding hydrogens is 292 g/mol. The van der Waals surface area contributed by atoms with Crippen LogP contribution in [0.15, 0.2) is 24.3 Å². The molecule has 1 N–H and O–H groups in total. The summed E-state index contributed by atoms with van der Waals surface area (Å²) in [5.41, 5.74) is 3.40. The fourth-order valence-electron chi connectivity index (χ4n) is 2.96. The minimum Gasteiger partial charge on any atom is -0.312 e. The first-order chi connectivity index (χ1) is 10.6. The van der Waals surface area contributed by atoms with E-state index in [1.54, 1.807) is 11.3 Å². The van der Waals surface area contributed by atoms with Crippen molar-refractivity contribution in [3.8, 4) is 6.07 Å². The predicted molar refractivity (Wildman–Crippen MR) is 89.4 cm³/mol. The monoisotopic (exact) mass is 310 g/mol. The normalized spacial score (nSPS) is 16.7. The van der Waals surface area contributed by atoms with E-state index < -0.39 is 0 Å². The summed E-state index contributed by atoms with van der Waals surface area (Å²) in [6.45, 7) is 4.13. The molecular formula is C18H18N2OS. The Labute approximate surface area is 134 Å². The molecule has 3 nitrogen and oxygen atoms in total. The second kappa shape index (κ2) is 5.94. The van der Waals surface area contributed by atoms with Gasteiger partial charge in [-0.05, 0) is 49.3 Å². The zero-order chi connectivity index (χ0) is 15.7. The van der Waals surface area contributed by atoms with E-state index >= 15 is 0 Å². The Hall–Kier alpha value is -2.12. The van der Waals surface area contributed by atoms with Gasteiger partial charge in [-0.1, -0.05) is 25.1 Å². The Morgan fingerprint density at radius 3 is 2.91 bits per heavy atom. The van der Waals surface area contributed by atoms with Gasteiger partial charge in [0.25, 0.3) is 5.91 Å². The SMILES string of the molecule is Cc1ccccc1C(=O)Nc1sc2c(c1C#N)C[C@@H](C)CC2. The molecule has 2 aromatic rings. The molecule has 0 fully saturated rings. The Balaban J connectivity index is 1.92. The van der Waals surface area contributed by atoms with Crippen LogP contribution in [0.5, 0.6) is 0 Å². The Bertz CT molecular complexity index is 770. The first-order valence-corrected chi connectivity index (χ1v) is 8.33. The molecule has 1 amide bonds. The molecule has 22 heavy (non-hydrogen) atoms. The van der Waals surface area contributed by atoms with Crippen LogP contribution in [0.4, 0.5) is 5.00 Å². The summed E-state index contributed by atoms with van der Waals surface area (Å²) in [5.74, 6) is 0.468. The van der Waals surface area contributed by atoms with Gasteiger partial charge in [0, 0.05) is 10.4 Å². The van der Waals surface area contributed by atoms with E-state index in [2.05, 4.69) is 18.3 Å². The highest BCUT2D eigenvalue weighted by Crippen LogP contribution is 2.39. The fourth-order valence-corrected chi connectivity index (χ4v) is 4.15. The van der Waals surface area contributed by atoms with Gasteiger partial charge in [-0.25, -0.2) is 0 Å². The van der Waals surface area contributed by atoms with Gasteiger partial charge >= 0.3 is 0 Å². The summed E-state index contributed by atoms with van der Waals surface area (Å²) in [6.07, 6.45) is 3.11. The molecule has 0 saturated heterocycles. The third-order valence-electron chi connectivity index (χ3n) is 4.24. The third kappa shape index (κ3) is 2.65. The van der Waals surface area contributed by atoms with Crippen molar-refractivity contribution in [2.45, 2.75) is 33.1 Å². The number of carbonyl (C=O) groups excluding carboxylic acids is 1. The van der Waals surface area contributed by atoms with Crippen molar-refractivity contribution in [3.63, 3.8) is 0 Å². The van der Waals surface area contributed by atoms with E-state index in [0.717, 1.165) is 30.4 Å². The number of benzene rings is 1. The maximum atomic E-state index is 12.5. The number of carbonyl (C=O) groups is 1. The molecule has 0 saturated carbocycles. The maximum Gasteiger partial charge on any atom is 0.256 e. The highest BCUT2D eigenvalue weighted by Gasteiger charge is 2.25. The number of rotatable bonds is 2. The van der Waals surface area contributed by atoms with Gasteiger partial charge in [-0.15, -0.1) is 11.3 Å². The highest BCUT2D eigenvalue weighted by molar-refractivity contribution is 7.16. The van der Waals surface area contributed by atoms with E-state index in [-0.39, 0.29) is 5.91 Å². The Morgan fingerprint density at radius 2 is 2.18 bits per heavy atom. The van der Waals surface area contributed by atoms with Crippen molar-refractivity contribution >= 4 is 22.2 Å². The summed E-state index contributed by atoms with van der Waals surface area (Å²) in [6, 6.07) is 9.79. The minimum absolute atomic E-state index is 0.138. The smallest absolute Gasteiger partial charge is 0.256 e. The van der Waals surface area contributed by atoms with Gasteiger partial charge in [-0.3, -0.25) is 4.79 Å². The molecule has 1 heterocycles. The molecule has 112 valence electrons. The first-order valence-electron chi connectivity index (χ1n) is 7.51. The summed E-state index contributed by atoms with van der Waals surface area (Å²) < 4.78 is 0. The van der Waals surface area contributed by atoms with Crippen LogP contribution >= 0.6 is 11.3 Å². The molecule has 1 aliphatic rings. The molecule has 0 bridgehead atoms. The van der Waals surface area contributed by atoms with E-state index in [9.17, 15) is 10.1 Å². The number of aryl methyl sites for hydroxylation is 2. The molecule has 0 radical (unpaired) electrons. The van der Waals surface area contributed by atoms with Crippen LogP contribution in [-0.2, 0) is 12.8 Å². The van der Waals surface area contributed by atoms with Crippen LogP contribution in [0.2, 0.25) is 0 Å². The van der Waals surface area contributed by atoms with E-state index in [1.165, 1.54) is 4.88 Å². The van der Waals surface area contributed by atoms with Crippen molar-refractivity contribution in [1.29, 1.82) is 5.26 Å². The van der Waals surface area contributed by atoms with E-state index in [1.807, 2.05) is 31.2 Å². The molecule has 1 aliphatic carbocycles. The largest absolute Gasteiger partial charge is 0.312 e. The summed E-state index contributed by atoms with van der Waals surface area (Å²) in [5, 5.41) is 13.1. The number of fused-ring (bicyclic) bond motifs is 1. The predicted octanol–water partition coefficient (Wildman–Crippen LogP) is 4.31. The molecule has 1 aromatic heterocycles. The second-order valence-corrected chi connectivity index (χ2v) is 7.04. The number of nitrogens with zero attached hydrogens (tertiary/aromatic N) is 1. The van der Waals surface area contributed by atoms with Crippen molar-refractivity contribution in [2.75, 3.05) is 5.32 Å². The van der Waals surface area contributed by atoms with Crippen LogP contribution in [0.1, 0.15) is 45.3 Å². The lowest BCUT2D eigenvalue weighted by Gasteiger charge is -2.17. The minimum atomic E-state index is -0.138. The zero-order valence-electron chi connectivity index (χ0n) is 12.8. The van der Waals surface area contributed by atoms with E-state index in [4.69, 9.17) is 0 Å². The van der Waals surface area contributed by atoms with Crippen molar-refractivity contribution in [3.05, 3.63) is 51.4 Å². The standard InChI is InChI=1S/C18H18N2OS/c1-11-7-8-16-14(9-11)15(10-19)18(22-16)20-17(21)13-6-4-3-5-12(13)2/h3-6,11H,7-9H2,1-2H3,(H,20,21)/t11-/m0/s1. The lowest BCUT2D eigenvalue weighted by Crippen LogP contribution is -2.13. The number of amides is 1. The molecule has 1 atom stereocenters. The number of nitrogens with one attached hydrogen (secondary N) is 1. The zero-order valence-corrected chi connectivity index (χ0v) is 13.6. The number of thiophene rings is 1. The highest BCUT2D eigenvalue weighted by atomic mass is 32.1. The van der Waals surface area contributed by atoms with Gasteiger partial charge in [-0.2, -0.15) is 5.26 Å². The number of hydrogen-bond acceptors (Lipinski definition) is 3. The van der Waals surface area contributed by atoms with Gasteiger partial charge in [0.05, 0.1) is 5.56 Å². The fraction of sp³-hybridized carbons (Fsp3) is 0.333. The van der Waals surface area contributed by atoms with Crippen LogP contribution in [0.3, 0.4) is 0 Å². The van der Waals surface area contributed by atoms with Crippen LogP contribution in [-0.4, -0.2) is 5.91 Å². The van der Waals surface area contributed by atoms with Crippen LogP contribution < -0.4 is 5.32 Å². The van der Waals surface area contributed by atoms with Crippen LogP contribution in [0, 0.1) is 24.2 Å². The van der Waals surface area contributed by atoms with Gasteiger partial charge in [0.1, 0.15) is 11.1 Å². The summed E-state index contributed by atoms with van der Waals surface area (Å²) in [7, 11) is 0. The number of hydrogen-bond donors (Lipinski definition) is 1. The average molecular weight is 310 g/mol. The number of anilines is 1. The molecule has 0 aliphatic heterocycles. The maximum absolute atomic E-state index is 12.5. The molecule has 4 heteroatoms. The molecule has 0 unspecified atom stereocenters. The average Bonchev–Trinajstić information content (AvgIpc) is 2.83. The topological polar surface area (TPSA) is 52.9 Å². The van der Waals surface area contributed by atoms with Gasteiger partial charge in [0.15, 0.2) is 0 Å². The van der Waals surface area contributed by atoms with E-state index in [0.29, 0.717) is 22.0 Å².